The molecule has 13 rings (SSSR count). The molecule has 9 aromatic carbocycles. The summed E-state index contributed by atoms with van der Waals surface area (Å²) in [6.07, 6.45) is 0. The van der Waals surface area contributed by atoms with Crippen LogP contribution in [0.3, 0.4) is 0 Å². The molecule has 4 heterocycles. The lowest BCUT2D eigenvalue weighted by atomic mass is 10.0. The van der Waals surface area contributed by atoms with Crippen molar-refractivity contribution in [1.82, 2.24) is 19.1 Å². The Morgan fingerprint density at radius 3 is 1.64 bits per heavy atom. The second-order valence-electron chi connectivity index (χ2n) is 15.4. The summed E-state index contributed by atoms with van der Waals surface area (Å²) in [6, 6.07) is 70.1. The van der Waals surface area contributed by atoms with Crippen LogP contribution in [0.15, 0.2) is 194 Å². The Morgan fingerprint density at radius 2 is 0.915 bits per heavy atom. The van der Waals surface area contributed by atoms with Crippen molar-refractivity contribution in [1.29, 1.82) is 0 Å². The van der Waals surface area contributed by atoms with Gasteiger partial charge in [-0.3, -0.25) is 4.57 Å². The van der Waals surface area contributed by atoms with Crippen molar-refractivity contribution in [2.75, 3.05) is 0 Å². The third kappa shape index (κ3) is 4.83. The molecule has 0 aliphatic rings. The fraction of sp³-hybridized carbons (Fsp3) is 0. The van der Waals surface area contributed by atoms with Crippen molar-refractivity contribution in [3.05, 3.63) is 194 Å². The van der Waals surface area contributed by atoms with Gasteiger partial charge in [-0.1, -0.05) is 133 Å². The van der Waals surface area contributed by atoms with Crippen LogP contribution in [-0.2, 0) is 0 Å². The molecule has 0 bridgehead atoms. The second kappa shape index (κ2) is 12.4. The lowest BCUT2D eigenvalue weighted by Crippen LogP contribution is -2.02. The molecule has 0 N–H and O–H groups in total. The van der Waals surface area contributed by atoms with Gasteiger partial charge in [0.25, 0.3) is 0 Å². The van der Waals surface area contributed by atoms with Crippen LogP contribution in [0.1, 0.15) is 0 Å². The summed E-state index contributed by atoms with van der Waals surface area (Å²) in [5.74, 6) is 1.60. The zero-order valence-electron chi connectivity index (χ0n) is 31.7. The largest absolute Gasteiger partial charge is 0.309 e. The maximum Gasteiger partial charge on any atom is 0.162 e. The smallest absolute Gasteiger partial charge is 0.162 e. The molecular weight excluding hydrogens is 737 g/mol. The van der Waals surface area contributed by atoms with Gasteiger partial charge in [-0.15, -0.1) is 11.3 Å². The summed E-state index contributed by atoms with van der Waals surface area (Å²) >= 11 is 1.86. The van der Waals surface area contributed by atoms with E-state index >= 15 is 0 Å². The van der Waals surface area contributed by atoms with Crippen LogP contribution in [0.2, 0.25) is 0 Å². The van der Waals surface area contributed by atoms with Crippen molar-refractivity contribution in [3.63, 3.8) is 0 Å². The fourth-order valence-corrected chi connectivity index (χ4v) is 10.5. The number of fused-ring (bicyclic) bond motifs is 11. The first-order valence-corrected chi connectivity index (χ1v) is 20.8. The highest BCUT2D eigenvalue weighted by Gasteiger charge is 2.21. The standard InChI is InChI=1S/C54H32N4S/c1-2-13-33(14-3-1)34-25-27-36(28-26-34)57-47-23-10-7-18-38(47)42-29-44-45-30-43-39-19-8-11-24-48(39)58(50(43)32-52(45)59-51(44)31-49(42)57)54-41-20-6-9-22-46(41)55-53(56-54)40-21-12-16-35-15-4-5-17-37(35)40/h1-32H. The minimum absolute atomic E-state index is 0.721. The molecule has 274 valence electrons. The molecule has 13 aromatic rings. The van der Waals surface area contributed by atoms with Gasteiger partial charge in [-0.05, 0) is 82.6 Å². The van der Waals surface area contributed by atoms with Crippen molar-refractivity contribution in [2.45, 2.75) is 0 Å². The first-order chi connectivity index (χ1) is 29.2. The summed E-state index contributed by atoms with van der Waals surface area (Å²) in [4.78, 5) is 10.6. The average Bonchev–Trinajstić information content (AvgIpc) is 3.93. The molecule has 4 nitrogen and oxygen atoms in total. The molecule has 59 heavy (non-hydrogen) atoms. The molecule has 0 atom stereocenters. The van der Waals surface area contributed by atoms with E-state index in [1.54, 1.807) is 0 Å². The topological polar surface area (TPSA) is 35.6 Å². The molecule has 4 aromatic heterocycles. The lowest BCUT2D eigenvalue weighted by Gasteiger charge is -2.13. The van der Waals surface area contributed by atoms with Gasteiger partial charge in [0.1, 0.15) is 5.82 Å². The van der Waals surface area contributed by atoms with Crippen LogP contribution in [0.25, 0.3) is 119 Å². The first kappa shape index (κ1) is 32.5. The number of rotatable bonds is 4. The molecule has 0 unspecified atom stereocenters. The Kier molecular flexibility index (Phi) is 6.85. The number of aromatic nitrogens is 4. The second-order valence-corrected chi connectivity index (χ2v) is 16.4. The molecule has 0 saturated carbocycles. The summed E-state index contributed by atoms with van der Waals surface area (Å²) in [5.41, 5.74) is 10.2. The van der Waals surface area contributed by atoms with Gasteiger partial charge < -0.3 is 4.57 Å². The number of nitrogens with zero attached hydrogens (tertiary/aromatic N) is 4. The zero-order chi connectivity index (χ0) is 38.6. The highest BCUT2D eigenvalue weighted by atomic mass is 32.1. The van der Waals surface area contributed by atoms with E-state index in [9.17, 15) is 0 Å². The van der Waals surface area contributed by atoms with Crippen LogP contribution >= 0.6 is 11.3 Å². The number of hydrogen-bond acceptors (Lipinski definition) is 3. The van der Waals surface area contributed by atoms with Gasteiger partial charge in [0.05, 0.1) is 27.6 Å². The minimum Gasteiger partial charge on any atom is -0.309 e. The Bertz CT molecular complexity index is 3830. The SMILES string of the molecule is c1ccc(-c2ccc(-n3c4ccccc4c4cc5c(cc43)sc3cc4c(cc35)c3ccccc3n4-c3nc(-c4cccc5ccccc45)nc4ccccc34)cc2)cc1. The Balaban J connectivity index is 1.05. The van der Waals surface area contributed by atoms with Crippen molar-refractivity contribution in [3.8, 4) is 34.0 Å². The molecule has 0 spiro atoms. The first-order valence-electron chi connectivity index (χ1n) is 20.0. The maximum absolute atomic E-state index is 5.46. The fourth-order valence-electron chi connectivity index (χ4n) is 9.41. The Hall–Kier alpha value is -7.60. The number of benzene rings is 9. The Morgan fingerprint density at radius 1 is 0.356 bits per heavy atom. The lowest BCUT2D eigenvalue weighted by molar-refractivity contribution is 1.08. The summed E-state index contributed by atoms with van der Waals surface area (Å²) in [7, 11) is 0. The van der Waals surface area contributed by atoms with Gasteiger partial charge in [-0.25, -0.2) is 9.97 Å². The average molecular weight is 769 g/mol. The predicted molar refractivity (Wildman–Crippen MR) is 249 cm³/mol. The van der Waals surface area contributed by atoms with E-state index in [0.29, 0.717) is 0 Å². The molecule has 0 radical (unpaired) electrons. The quantitative estimate of drug-likeness (QED) is 0.179. The van der Waals surface area contributed by atoms with Crippen LogP contribution in [0.4, 0.5) is 0 Å². The zero-order valence-corrected chi connectivity index (χ0v) is 32.5. The van der Waals surface area contributed by atoms with E-state index in [4.69, 9.17) is 9.97 Å². The molecule has 5 heteroatoms. The van der Waals surface area contributed by atoms with Gasteiger partial charge in [0.15, 0.2) is 5.82 Å². The number of thiophene rings is 1. The molecule has 0 amide bonds. The molecular formula is C54H32N4S. The van der Waals surface area contributed by atoms with E-state index in [2.05, 4.69) is 203 Å². The monoisotopic (exact) mass is 768 g/mol. The van der Waals surface area contributed by atoms with E-state index < -0.39 is 0 Å². The van der Waals surface area contributed by atoms with Gasteiger partial charge in [0.2, 0.25) is 0 Å². The number of para-hydroxylation sites is 3. The van der Waals surface area contributed by atoms with E-state index in [1.807, 2.05) is 11.3 Å². The van der Waals surface area contributed by atoms with Crippen LogP contribution in [-0.4, -0.2) is 19.1 Å². The van der Waals surface area contributed by atoms with Crippen molar-refractivity contribution in [2.24, 2.45) is 0 Å². The third-order valence-electron chi connectivity index (χ3n) is 12.1. The summed E-state index contributed by atoms with van der Waals surface area (Å²) < 4.78 is 7.31. The van der Waals surface area contributed by atoms with E-state index in [0.717, 1.165) is 50.2 Å². The molecule has 0 aliphatic heterocycles. The van der Waals surface area contributed by atoms with Crippen molar-refractivity contribution >= 4 is 96.8 Å². The van der Waals surface area contributed by atoms with Gasteiger partial charge in [0, 0.05) is 58.4 Å². The van der Waals surface area contributed by atoms with E-state index in [1.165, 1.54) is 69.3 Å². The molecule has 0 fully saturated rings. The highest BCUT2D eigenvalue weighted by Crippen LogP contribution is 2.44. The van der Waals surface area contributed by atoms with Crippen LogP contribution in [0, 0.1) is 0 Å². The normalized spacial score (nSPS) is 12.1. The van der Waals surface area contributed by atoms with Gasteiger partial charge in [-0.2, -0.15) is 0 Å². The third-order valence-corrected chi connectivity index (χ3v) is 13.2. The minimum atomic E-state index is 0.721. The summed E-state index contributed by atoms with van der Waals surface area (Å²) in [6.45, 7) is 0. The van der Waals surface area contributed by atoms with Gasteiger partial charge >= 0.3 is 0 Å². The van der Waals surface area contributed by atoms with Crippen molar-refractivity contribution < 1.29 is 0 Å². The Labute approximate surface area is 342 Å². The molecule has 0 saturated heterocycles. The summed E-state index contributed by atoms with van der Waals surface area (Å²) in [5, 5.41) is 10.8. The van der Waals surface area contributed by atoms with Crippen LogP contribution < -0.4 is 0 Å². The maximum atomic E-state index is 5.46. The van der Waals surface area contributed by atoms with Crippen LogP contribution in [0.5, 0.6) is 0 Å². The highest BCUT2D eigenvalue weighted by molar-refractivity contribution is 7.26. The predicted octanol–water partition coefficient (Wildman–Crippen LogP) is 14.7. The molecule has 0 aliphatic carbocycles. The van der Waals surface area contributed by atoms with E-state index in [-0.39, 0.29) is 0 Å². The number of hydrogen-bond donors (Lipinski definition) is 0.